The van der Waals surface area contributed by atoms with E-state index in [1.807, 2.05) is 22.6 Å². The van der Waals surface area contributed by atoms with Gasteiger partial charge in [-0.1, -0.05) is 22.6 Å². The lowest BCUT2D eigenvalue weighted by Gasteiger charge is -1.96. The first-order valence-corrected chi connectivity index (χ1v) is 4.02. The molecular weight excluding hydrogens is 276 g/mol. The topological polar surface area (TPSA) is 38.9 Å². The fourth-order valence-corrected chi connectivity index (χ4v) is 0.730. The van der Waals surface area contributed by atoms with E-state index < -0.39 is 12.1 Å². The molecule has 62 valence electrons. The van der Waals surface area contributed by atoms with E-state index in [4.69, 9.17) is 0 Å². The maximum Gasteiger partial charge on any atom is 0.470 e. The Morgan fingerprint density at radius 2 is 2.00 bits per heavy atom. The quantitative estimate of drug-likeness (QED) is 0.582. The molecule has 0 spiro atoms. The summed E-state index contributed by atoms with van der Waals surface area (Å²) >= 11 is 1.83. The van der Waals surface area contributed by atoms with Gasteiger partial charge in [-0.2, -0.15) is 13.2 Å². The van der Waals surface area contributed by atoms with Crippen LogP contribution in [0.1, 0.15) is 11.8 Å². The second-order valence-electron chi connectivity index (χ2n) is 1.63. The molecule has 0 aliphatic rings. The highest BCUT2D eigenvalue weighted by Gasteiger charge is 2.37. The van der Waals surface area contributed by atoms with Crippen LogP contribution in [0.25, 0.3) is 0 Å². The van der Waals surface area contributed by atoms with Gasteiger partial charge in [0.05, 0.1) is 4.43 Å². The normalized spacial score (nSPS) is 12.0. The van der Waals surface area contributed by atoms with Crippen LogP contribution in [0.3, 0.4) is 0 Å². The van der Waals surface area contributed by atoms with E-state index in [9.17, 15) is 13.2 Å². The van der Waals surface area contributed by atoms with Gasteiger partial charge >= 0.3 is 12.1 Å². The molecule has 0 bridgehead atoms. The molecule has 3 nitrogen and oxygen atoms in total. The van der Waals surface area contributed by atoms with Gasteiger partial charge in [-0.25, -0.2) is 0 Å². The van der Waals surface area contributed by atoms with Crippen molar-refractivity contribution in [2.24, 2.45) is 0 Å². The molecule has 0 aliphatic carbocycles. The molecule has 1 aromatic rings. The number of alkyl halides is 4. The molecule has 0 aliphatic heterocycles. The summed E-state index contributed by atoms with van der Waals surface area (Å²) in [4.78, 5) is 0. The summed E-state index contributed by atoms with van der Waals surface area (Å²) < 4.78 is 39.7. The van der Waals surface area contributed by atoms with Crippen LogP contribution in [-0.2, 0) is 10.6 Å². The Morgan fingerprint density at radius 1 is 1.36 bits per heavy atom. The predicted molar refractivity (Wildman–Crippen MR) is 37.0 cm³/mol. The number of halogens is 4. The second kappa shape index (κ2) is 2.95. The van der Waals surface area contributed by atoms with Crippen molar-refractivity contribution >= 4 is 22.6 Å². The van der Waals surface area contributed by atoms with Crippen LogP contribution in [0, 0.1) is 0 Å². The van der Waals surface area contributed by atoms with Crippen molar-refractivity contribution in [1.29, 1.82) is 0 Å². The summed E-state index contributed by atoms with van der Waals surface area (Å²) in [6.07, 6.45) is -4.53. The van der Waals surface area contributed by atoms with Gasteiger partial charge in [0.25, 0.3) is 0 Å². The van der Waals surface area contributed by atoms with Crippen molar-refractivity contribution in [2.75, 3.05) is 0 Å². The Labute approximate surface area is 73.1 Å². The number of rotatable bonds is 1. The van der Waals surface area contributed by atoms with Gasteiger partial charge in [0.2, 0.25) is 5.89 Å². The maximum atomic E-state index is 11.7. The van der Waals surface area contributed by atoms with Gasteiger partial charge in [-0.05, 0) is 0 Å². The van der Waals surface area contributed by atoms with Gasteiger partial charge < -0.3 is 4.42 Å². The number of hydrogen-bond donors (Lipinski definition) is 0. The fourth-order valence-electron chi connectivity index (χ4n) is 0.422. The van der Waals surface area contributed by atoms with E-state index in [0.717, 1.165) is 0 Å². The molecule has 0 radical (unpaired) electrons. The lowest BCUT2D eigenvalue weighted by molar-refractivity contribution is -0.157. The first-order chi connectivity index (χ1) is 5.04. The number of hydrogen-bond acceptors (Lipinski definition) is 3. The van der Waals surface area contributed by atoms with Crippen LogP contribution in [0.4, 0.5) is 13.2 Å². The zero-order valence-corrected chi connectivity index (χ0v) is 7.18. The van der Waals surface area contributed by atoms with Crippen LogP contribution in [0.2, 0.25) is 0 Å². The molecule has 0 saturated carbocycles. The van der Waals surface area contributed by atoms with Crippen molar-refractivity contribution < 1.29 is 17.6 Å². The van der Waals surface area contributed by atoms with Gasteiger partial charge in [0.15, 0.2) is 0 Å². The molecule has 0 atom stereocenters. The third kappa shape index (κ3) is 2.04. The summed E-state index contributed by atoms with van der Waals surface area (Å²) in [6, 6.07) is 0. The van der Waals surface area contributed by atoms with Crippen molar-refractivity contribution in [2.45, 2.75) is 10.6 Å². The molecule has 0 unspecified atom stereocenters. The second-order valence-corrected chi connectivity index (χ2v) is 2.40. The molecule has 0 amide bonds. The Bertz CT molecular complexity index is 246. The molecule has 0 aromatic carbocycles. The van der Waals surface area contributed by atoms with Crippen LogP contribution in [0.15, 0.2) is 4.42 Å². The van der Waals surface area contributed by atoms with Crippen LogP contribution in [0.5, 0.6) is 0 Å². The summed E-state index contributed by atoms with van der Waals surface area (Å²) in [7, 11) is 0. The van der Waals surface area contributed by atoms with Gasteiger partial charge in [-0.15, -0.1) is 10.2 Å². The number of nitrogens with zero attached hydrogens (tertiary/aromatic N) is 2. The molecule has 1 rings (SSSR count). The number of aromatic nitrogens is 2. The Kier molecular flexibility index (Phi) is 2.35. The largest absolute Gasteiger partial charge is 0.470 e. The summed E-state index contributed by atoms with van der Waals surface area (Å²) in [5, 5.41) is 5.97. The zero-order chi connectivity index (χ0) is 8.48. The van der Waals surface area contributed by atoms with E-state index in [0.29, 0.717) is 0 Å². The highest BCUT2D eigenvalue weighted by molar-refractivity contribution is 14.1. The smallest absolute Gasteiger partial charge is 0.417 e. The van der Waals surface area contributed by atoms with E-state index in [1.165, 1.54) is 0 Å². The van der Waals surface area contributed by atoms with Crippen molar-refractivity contribution in [3.63, 3.8) is 0 Å². The lowest BCUT2D eigenvalue weighted by Crippen LogP contribution is -2.04. The van der Waals surface area contributed by atoms with E-state index >= 15 is 0 Å². The highest BCUT2D eigenvalue weighted by atomic mass is 127. The molecule has 7 heteroatoms. The average Bonchev–Trinajstić information content (AvgIpc) is 2.32. The van der Waals surface area contributed by atoms with E-state index in [-0.39, 0.29) is 10.3 Å². The first-order valence-electron chi connectivity index (χ1n) is 2.49. The molecule has 1 heterocycles. The zero-order valence-electron chi connectivity index (χ0n) is 5.02. The SMILES string of the molecule is FC(F)(F)c1nnc(CI)o1. The standard InChI is InChI=1S/C4H2F3IN2O/c5-4(6,7)3-10-9-2(1-8)11-3/h1H2. The van der Waals surface area contributed by atoms with E-state index in [1.54, 1.807) is 0 Å². The summed E-state index contributed by atoms with van der Waals surface area (Å²) in [5.74, 6) is -1.30. The Hall–Kier alpha value is -0.340. The van der Waals surface area contributed by atoms with Crippen molar-refractivity contribution in [1.82, 2.24) is 10.2 Å². The fraction of sp³-hybridized carbons (Fsp3) is 0.500. The van der Waals surface area contributed by atoms with Crippen LogP contribution < -0.4 is 0 Å². The Morgan fingerprint density at radius 3 is 2.27 bits per heavy atom. The monoisotopic (exact) mass is 278 g/mol. The molecule has 11 heavy (non-hydrogen) atoms. The van der Waals surface area contributed by atoms with Crippen LogP contribution in [-0.4, -0.2) is 10.2 Å². The van der Waals surface area contributed by atoms with Crippen molar-refractivity contribution in [3.05, 3.63) is 11.8 Å². The Balaban J connectivity index is 2.89. The van der Waals surface area contributed by atoms with Crippen molar-refractivity contribution in [3.8, 4) is 0 Å². The molecular formula is C4H2F3IN2O. The molecule has 1 aromatic heterocycles. The predicted octanol–water partition coefficient (Wildman–Crippen LogP) is 2.02. The summed E-state index contributed by atoms with van der Waals surface area (Å²) in [6.45, 7) is 0. The molecule has 0 fully saturated rings. The highest BCUT2D eigenvalue weighted by Crippen LogP contribution is 2.27. The third-order valence-corrected chi connectivity index (χ3v) is 1.48. The summed E-state index contributed by atoms with van der Waals surface area (Å²) in [5.41, 5.74) is 0. The lowest BCUT2D eigenvalue weighted by atomic mass is 10.7. The first kappa shape index (κ1) is 8.75. The average molecular weight is 278 g/mol. The van der Waals surface area contributed by atoms with Gasteiger partial charge in [0.1, 0.15) is 0 Å². The maximum absolute atomic E-state index is 11.7. The molecule has 0 N–H and O–H groups in total. The van der Waals surface area contributed by atoms with E-state index in [2.05, 4.69) is 14.6 Å². The third-order valence-electron chi connectivity index (χ3n) is 0.824. The minimum absolute atomic E-state index is 0.0158. The van der Waals surface area contributed by atoms with Gasteiger partial charge in [0, 0.05) is 0 Å². The molecule has 0 saturated heterocycles. The minimum atomic E-state index is -4.53. The van der Waals surface area contributed by atoms with Gasteiger partial charge in [-0.3, -0.25) is 0 Å². The minimum Gasteiger partial charge on any atom is -0.417 e. The van der Waals surface area contributed by atoms with Crippen LogP contribution >= 0.6 is 22.6 Å².